The summed E-state index contributed by atoms with van der Waals surface area (Å²) in [5.74, 6) is 1.39. The van der Waals surface area contributed by atoms with Crippen molar-refractivity contribution in [1.29, 1.82) is 0 Å². The van der Waals surface area contributed by atoms with E-state index in [1.54, 1.807) is 12.1 Å². The Kier molecular flexibility index (Phi) is 6.17. The molecule has 0 saturated carbocycles. The van der Waals surface area contributed by atoms with E-state index < -0.39 is 0 Å². The predicted octanol–water partition coefficient (Wildman–Crippen LogP) is 7.79. The topological polar surface area (TPSA) is 58.6 Å². The molecule has 0 amide bonds. The smallest absolute Gasteiger partial charge is 0.162 e. The lowest BCUT2D eigenvalue weighted by atomic mass is 9.71. The number of unbranched alkanes of at least 4 members (excludes halogenated alkanes) is 1. The van der Waals surface area contributed by atoms with Crippen molar-refractivity contribution in [3.63, 3.8) is 0 Å². The van der Waals surface area contributed by atoms with Crippen molar-refractivity contribution in [1.82, 2.24) is 0 Å². The fraction of sp³-hybridized carbons (Fsp3) is 0.242. The van der Waals surface area contributed by atoms with Crippen LogP contribution in [-0.4, -0.2) is 17.5 Å². The summed E-state index contributed by atoms with van der Waals surface area (Å²) in [5, 5.41) is 15.8. The number of phenols is 1. The van der Waals surface area contributed by atoms with Crippen molar-refractivity contribution in [2.75, 3.05) is 11.9 Å². The van der Waals surface area contributed by atoms with Crippen LogP contribution in [0, 0.1) is 0 Å². The van der Waals surface area contributed by atoms with Crippen LogP contribution in [0.3, 0.4) is 0 Å². The molecule has 0 radical (unpaired) electrons. The van der Waals surface area contributed by atoms with Crippen LogP contribution in [0.4, 0.5) is 5.69 Å². The van der Waals surface area contributed by atoms with E-state index in [9.17, 15) is 9.90 Å². The van der Waals surface area contributed by atoms with E-state index in [0.29, 0.717) is 6.42 Å². The van der Waals surface area contributed by atoms with Crippen molar-refractivity contribution in [3.05, 3.63) is 107 Å². The first-order valence-corrected chi connectivity index (χ1v) is 13.2. The molecule has 1 aliphatic heterocycles. The lowest BCUT2D eigenvalue weighted by Crippen LogP contribution is -2.29. The largest absolute Gasteiger partial charge is 0.508 e. The third-order valence-electron chi connectivity index (χ3n) is 7.67. The standard InChI is InChI=1S/C33H31NO3/c1-2-3-18-37-26-15-10-21(11-16-26)24-19-28-31-27-7-5-4-6-22(27)12-17-29(31)34-33(32(28)30(36)20-24)23-8-13-25(35)14-9-23/h4-17,24,33-35H,2-3,18-20H2,1H3/t24-,33+/m0/s1. The predicted molar refractivity (Wildman–Crippen MR) is 149 cm³/mol. The van der Waals surface area contributed by atoms with Crippen LogP contribution in [-0.2, 0) is 4.79 Å². The molecule has 4 heteroatoms. The highest BCUT2D eigenvalue weighted by Gasteiger charge is 2.38. The number of rotatable bonds is 6. The van der Waals surface area contributed by atoms with Crippen molar-refractivity contribution in [2.45, 2.75) is 44.6 Å². The molecule has 6 rings (SSSR count). The average Bonchev–Trinajstić information content (AvgIpc) is 2.93. The Morgan fingerprint density at radius 3 is 2.43 bits per heavy atom. The maximum Gasteiger partial charge on any atom is 0.162 e. The van der Waals surface area contributed by atoms with Crippen molar-refractivity contribution in [3.8, 4) is 11.5 Å². The Morgan fingerprint density at radius 1 is 0.892 bits per heavy atom. The molecule has 186 valence electrons. The van der Waals surface area contributed by atoms with Gasteiger partial charge >= 0.3 is 0 Å². The minimum Gasteiger partial charge on any atom is -0.508 e. The molecule has 4 aromatic carbocycles. The molecule has 0 spiro atoms. The van der Waals surface area contributed by atoms with Gasteiger partial charge in [0.25, 0.3) is 0 Å². The second-order valence-corrected chi connectivity index (χ2v) is 10.1. The maximum atomic E-state index is 13.9. The monoisotopic (exact) mass is 489 g/mol. The number of ether oxygens (including phenoxy) is 1. The van der Waals surface area contributed by atoms with Gasteiger partial charge in [-0.25, -0.2) is 0 Å². The molecule has 0 unspecified atom stereocenters. The number of nitrogens with one attached hydrogen (secondary N) is 1. The molecule has 0 aromatic heterocycles. The molecule has 4 aromatic rings. The van der Waals surface area contributed by atoms with Gasteiger partial charge < -0.3 is 15.2 Å². The molecule has 37 heavy (non-hydrogen) atoms. The van der Waals surface area contributed by atoms with Crippen LogP contribution in [0.15, 0.2) is 90.5 Å². The SMILES string of the molecule is CCCCOc1ccc([C@@H]2CC(=O)C3=C(C2)c2c(ccc4ccccc24)N[C@@H]3c2ccc(O)cc2)cc1. The second-order valence-electron chi connectivity index (χ2n) is 10.1. The van der Waals surface area contributed by atoms with Gasteiger partial charge in [-0.05, 0) is 76.6 Å². The fourth-order valence-corrected chi connectivity index (χ4v) is 5.77. The number of aromatic hydroxyl groups is 1. The van der Waals surface area contributed by atoms with Crippen LogP contribution >= 0.6 is 0 Å². The van der Waals surface area contributed by atoms with Crippen molar-refractivity contribution < 1.29 is 14.6 Å². The molecule has 2 atom stereocenters. The van der Waals surface area contributed by atoms with E-state index >= 15 is 0 Å². The van der Waals surface area contributed by atoms with Gasteiger partial charge in [-0.2, -0.15) is 0 Å². The molecule has 1 heterocycles. The Bertz CT molecular complexity index is 1480. The van der Waals surface area contributed by atoms with Gasteiger partial charge in [-0.15, -0.1) is 0 Å². The van der Waals surface area contributed by atoms with Gasteiger partial charge in [-0.1, -0.05) is 67.9 Å². The van der Waals surface area contributed by atoms with E-state index in [1.807, 2.05) is 24.3 Å². The van der Waals surface area contributed by atoms with Crippen LogP contribution in [0.2, 0.25) is 0 Å². The van der Waals surface area contributed by atoms with Crippen molar-refractivity contribution >= 4 is 27.8 Å². The third kappa shape index (κ3) is 4.37. The summed E-state index contributed by atoms with van der Waals surface area (Å²) >= 11 is 0. The molecule has 2 aliphatic rings. The van der Waals surface area contributed by atoms with Crippen LogP contribution in [0.25, 0.3) is 16.3 Å². The highest BCUT2D eigenvalue weighted by Crippen LogP contribution is 2.51. The number of anilines is 1. The van der Waals surface area contributed by atoms with Gasteiger partial charge in [0.1, 0.15) is 11.5 Å². The van der Waals surface area contributed by atoms with E-state index in [2.05, 4.69) is 60.8 Å². The van der Waals surface area contributed by atoms with Crippen molar-refractivity contribution in [2.24, 2.45) is 0 Å². The average molecular weight is 490 g/mol. The van der Waals surface area contributed by atoms with E-state index in [1.165, 1.54) is 10.9 Å². The minimum atomic E-state index is -0.243. The van der Waals surface area contributed by atoms with Crippen LogP contribution in [0.5, 0.6) is 11.5 Å². The minimum absolute atomic E-state index is 0.112. The Hall–Kier alpha value is -4.05. The molecular formula is C33H31NO3. The molecule has 2 N–H and O–H groups in total. The zero-order chi connectivity index (χ0) is 25.4. The number of hydrogen-bond acceptors (Lipinski definition) is 4. The summed E-state index contributed by atoms with van der Waals surface area (Å²) in [4.78, 5) is 13.9. The van der Waals surface area contributed by atoms with Crippen LogP contribution < -0.4 is 10.1 Å². The van der Waals surface area contributed by atoms with E-state index in [0.717, 1.165) is 65.0 Å². The van der Waals surface area contributed by atoms with Gasteiger partial charge in [0.2, 0.25) is 0 Å². The normalized spacial score (nSPS) is 18.8. The number of benzene rings is 4. The molecule has 0 saturated heterocycles. The first kappa shape index (κ1) is 23.4. The van der Waals surface area contributed by atoms with Gasteiger partial charge in [0.15, 0.2) is 5.78 Å². The number of ketones is 1. The zero-order valence-electron chi connectivity index (χ0n) is 21.0. The number of carbonyl (C=O) groups is 1. The van der Waals surface area contributed by atoms with E-state index in [-0.39, 0.29) is 23.5 Å². The number of carbonyl (C=O) groups excluding carboxylic acids is 1. The Labute approximate surface area is 217 Å². The van der Waals surface area contributed by atoms with E-state index in [4.69, 9.17) is 4.74 Å². The molecule has 4 nitrogen and oxygen atoms in total. The molecule has 0 fully saturated rings. The number of hydrogen-bond donors (Lipinski definition) is 2. The summed E-state index contributed by atoms with van der Waals surface area (Å²) in [5.41, 5.74) is 6.32. The van der Waals surface area contributed by atoms with Crippen LogP contribution in [0.1, 0.15) is 61.3 Å². The van der Waals surface area contributed by atoms with Gasteiger partial charge in [0, 0.05) is 23.2 Å². The second kappa shape index (κ2) is 9.78. The number of allylic oxidation sites excluding steroid dienone is 1. The molecule has 1 aliphatic carbocycles. The van der Waals surface area contributed by atoms with Gasteiger partial charge in [-0.3, -0.25) is 4.79 Å². The Balaban J connectivity index is 1.43. The molecule has 0 bridgehead atoms. The summed E-state index contributed by atoms with van der Waals surface area (Å²) < 4.78 is 5.86. The van der Waals surface area contributed by atoms with Gasteiger partial charge in [0.05, 0.1) is 12.6 Å². The summed E-state index contributed by atoms with van der Waals surface area (Å²) in [7, 11) is 0. The first-order chi connectivity index (χ1) is 18.1. The lowest BCUT2D eigenvalue weighted by Gasteiger charge is -2.37. The summed E-state index contributed by atoms with van der Waals surface area (Å²) in [6.07, 6.45) is 3.43. The number of fused-ring (bicyclic) bond motifs is 4. The number of Topliss-reactive ketones (excluding diaryl/α,β-unsaturated/α-hetero) is 1. The zero-order valence-corrected chi connectivity index (χ0v) is 21.0. The third-order valence-corrected chi connectivity index (χ3v) is 7.67. The summed E-state index contributed by atoms with van der Waals surface area (Å²) in [6.45, 7) is 2.88. The molecular weight excluding hydrogens is 458 g/mol. The fourth-order valence-electron chi connectivity index (χ4n) is 5.77. The Morgan fingerprint density at radius 2 is 1.65 bits per heavy atom. The number of phenolic OH excluding ortho intramolecular Hbond substituents is 1. The highest BCUT2D eigenvalue weighted by atomic mass is 16.5. The quantitative estimate of drug-likeness (QED) is 0.271. The lowest BCUT2D eigenvalue weighted by molar-refractivity contribution is -0.116. The highest BCUT2D eigenvalue weighted by molar-refractivity contribution is 6.13. The first-order valence-electron chi connectivity index (χ1n) is 13.2. The summed E-state index contributed by atoms with van der Waals surface area (Å²) in [6, 6.07) is 27.9. The maximum absolute atomic E-state index is 13.9.